The molecule has 1 aliphatic carbocycles. The molecule has 0 radical (unpaired) electrons. The summed E-state index contributed by atoms with van der Waals surface area (Å²) in [4.78, 5) is 17.5. The number of fused-ring (bicyclic) bond motifs is 1. The third-order valence-corrected chi connectivity index (χ3v) is 5.49. The molecular weight excluding hydrogens is 340 g/mol. The van der Waals surface area contributed by atoms with Crippen LogP contribution in [0.3, 0.4) is 0 Å². The lowest BCUT2D eigenvalue weighted by Crippen LogP contribution is -2.54. The average molecular weight is 366 g/mol. The van der Waals surface area contributed by atoms with Crippen LogP contribution in [0.4, 0.5) is 5.95 Å². The quantitative estimate of drug-likeness (QED) is 0.624. The molecule has 0 saturated carbocycles. The van der Waals surface area contributed by atoms with E-state index in [9.17, 15) is 5.11 Å². The first kappa shape index (κ1) is 17.7. The summed E-state index contributed by atoms with van der Waals surface area (Å²) in [5.41, 5.74) is 1.46. The van der Waals surface area contributed by atoms with Gasteiger partial charge in [-0.05, 0) is 30.0 Å². The molecule has 0 amide bonds. The van der Waals surface area contributed by atoms with E-state index >= 15 is 0 Å². The van der Waals surface area contributed by atoms with Gasteiger partial charge in [0.05, 0.1) is 6.54 Å². The van der Waals surface area contributed by atoms with Crippen LogP contribution < -0.4 is 10.2 Å². The van der Waals surface area contributed by atoms with Crippen molar-refractivity contribution in [2.75, 3.05) is 44.7 Å². The van der Waals surface area contributed by atoms with E-state index in [2.05, 4.69) is 36.1 Å². The van der Waals surface area contributed by atoms with Crippen LogP contribution in [0.25, 0.3) is 0 Å². The van der Waals surface area contributed by atoms with Crippen LogP contribution in [-0.2, 0) is 12.0 Å². The predicted octanol–water partition coefficient (Wildman–Crippen LogP) is 1.01. The second-order valence-corrected chi connectivity index (χ2v) is 7.11. The van der Waals surface area contributed by atoms with Crippen molar-refractivity contribution in [2.45, 2.75) is 18.4 Å². The third-order valence-electron chi connectivity index (χ3n) is 5.49. The minimum absolute atomic E-state index is 0.471. The van der Waals surface area contributed by atoms with Crippen molar-refractivity contribution < 1.29 is 5.11 Å². The normalized spacial score (nSPS) is 22.7. The third kappa shape index (κ3) is 3.60. The highest BCUT2D eigenvalue weighted by Crippen LogP contribution is 2.36. The van der Waals surface area contributed by atoms with E-state index in [1.54, 1.807) is 19.4 Å². The summed E-state index contributed by atoms with van der Waals surface area (Å²) in [7, 11) is 1.79. The van der Waals surface area contributed by atoms with Crippen LogP contribution in [0, 0.1) is 0 Å². The summed E-state index contributed by atoms with van der Waals surface area (Å²) in [6.45, 7) is 3.84. The fourth-order valence-corrected chi connectivity index (χ4v) is 3.98. The molecule has 2 aromatic rings. The zero-order valence-corrected chi connectivity index (χ0v) is 15.7. The molecule has 1 aromatic carbocycles. The summed E-state index contributed by atoms with van der Waals surface area (Å²) < 4.78 is 0. The number of piperazine rings is 1. The fraction of sp³-hybridized carbons (Fsp3) is 0.450. The maximum absolute atomic E-state index is 11.1. The van der Waals surface area contributed by atoms with Crippen molar-refractivity contribution in [1.29, 1.82) is 0 Å². The molecule has 1 saturated heterocycles. The summed E-state index contributed by atoms with van der Waals surface area (Å²) >= 11 is 0. The molecule has 142 valence electrons. The molecule has 7 heteroatoms. The van der Waals surface area contributed by atoms with E-state index in [4.69, 9.17) is 0 Å². The van der Waals surface area contributed by atoms with Crippen molar-refractivity contribution in [3.63, 3.8) is 0 Å². The summed E-state index contributed by atoms with van der Waals surface area (Å²) in [6, 6.07) is 10.00. The van der Waals surface area contributed by atoms with Gasteiger partial charge in [-0.25, -0.2) is 9.97 Å². The number of benzene rings is 1. The topological polar surface area (TPSA) is 76.9 Å². The molecule has 2 aliphatic rings. The van der Waals surface area contributed by atoms with Crippen molar-refractivity contribution in [3.05, 3.63) is 53.9 Å². The predicted molar refractivity (Wildman–Crippen MR) is 106 cm³/mol. The van der Waals surface area contributed by atoms with Gasteiger partial charge in [0.1, 0.15) is 5.60 Å². The Hall–Kier alpha value is -2.67. The Bertz CT molecular complexity index is 803. The molecule has 1 aromatic heterocycles. The van der Waals surface area contributed by atoms with Crippen LogP contribution in [-0.4, -0.2) is 65.7 Å². The number of hydrogen-bond donors (Lipinski definition) is 2. The lowest BCUT2D eigenvalue weighted by Gasteiger charge is -2.37. The first-order chi connectivity index (χ1) is 13.2. The highest BCUT2D eigenvalue weighted by molar-refractivity contribution is 5.80. The molecule has 2 N–H and O–H groups in total. The number of aryl methyl sites for hydroxylation is 1. The first-order valence-corrected chi connectivity index (χ1v) is 9.48. The van der Waals surface area contributed by atoms with E-state index in [0.29, 0.717) is 6.54 Å². The number of guanidine groups is 1. The molecule has 0 bridgehead atoms. The fourth-order valence-electron chi connectivity index (χ4n) is 3.98. The Morgan fingerprint density at radius 3 is 2.63 bits per heavy atom. The Morgan fingerprint density at radius 2 is 1.89 bits per heavy atom. The zero-order valence-electron chi connectivity index (χ0n) is 15.7. The number of aromatic nitrogens is 2. The van der Waals surface area contributed by atoms with Gasteiger partial charge >= 0.3 is 0 Å². The van der Waals surface area contributed by atoms with E-state index in [0.717, 1.165) is 56.5 Å². The smallest absolute Gasteiger partial charge is 0.225 e. The van der Waals surface area contributed by atoms with Gasteiger partial charge in [-0.15, -0.1) is 0 Å². The number of aliphatic hydroxyl groups is 1. The number of aliphatic imine (C=N–C) groups is 1. The Kier molecular flexibility index (Phi) is 4.94. The lowest BCUT2D eigenvalue weighted by atomic mass is 9.96. The van der Waals surface area contributed by atoms with Gasteiger partial charge < -0.3 is 20.2 Å². The second kappa shape index (κ2) is 7.52. The summed E-state index contributed by atoms with van der Waals surface area (Å²) in [6.07, 6.45) is 5.21. The monoisotopic (exact) mass is 366 g/mol. The van der Waals surface area contributed by atoms with Crippen LogP contribution in [0.2, 0.25) is 0 Å². The van der Waals surface area contributed by atoms with Crippen LogP contribution in [0.15, 0.2) is 47.7 Å². The SMILES string of the molecule is CN=C(NCC1(O)CCc2ccccc21)N1CCN(c2ncccn2)CC1. The maximum Gasteiger partial charge on any atom is 0.225 e. The Morgan fingerprint density at radius 1 is 1.15 bits per heavy atom. The number of rotatable bonds is 3. The lowest BCUT2D eigenvalue weighted by molar-refractivity contribution is 0.0425. The molecule has 0 spiro atoms. The molecule has 1 aliphatic heterocycles. The molecule has 1 atom stereocenters. The van der Waals surface area contributed by atoms with E-state index in [1.807, 2.05) is 24.3 Å². The van der Waals surface area contributed by atoms with Gasteiger partial charge in [0.25, 0.3) is 0 Å². The standard InChI is InChI=1S/C20H26N6O/c1-21-18(24-15-20(27)8-7-16-5-2-3-6-17(16)20)25-11-13-26(14-12-25)19-22-9-4-10-23-19/h2-6,9-10,27H,7-8,11-15H2,1H3,(H,21,24). The molecule has 7 nitrogen and oxygen atoms in total. The zero-order chi connectivity index (χ0) is 18.7. The van der Waals surface area contributed by atoms with Crippen molar-refractivity contribution in [3.8, 4) is 0 Å². The van der Waals surface area contributed by atoms with E-state index in [1.165, 1.54) is 5.56 Å². The summed E-state index contributed by atoms with van der Waals surface area (Å²) in [5.74, 6) is 1.61. The van der Waals surface area contributed by atoms with Crippen molar-refractivity contribution in [2.24, 2.45) is 4.99 Å². The van der Waals surface area contributed by atoms with Gasteiger partial charge in [-0.3, -0.25) is 4.99 Å². The van der Waals surface area contributed by atoms with Gasteiger partial charge in [-0.1, -0.05) is 24.3 Å². The minimum Gasteiger partial charge on any atom is -0.383 e. The number of nitrogens with one attached hydrogen (secondary N) is 1. The molecule has 1 unspecified atom stereocenters. The van der Waals surface area contributed by atoms with Gasteiger partial charge in [0.2, 0.25) is 5.95 Å². The number of anilines is 1. The van der Waals surface area contributed by atoms with E-state index in [-0.39, 0.29) is 0 Å². The van der Waals surface area contributed by atoms with Gasteiger partial charge in [0.15, 0.2) is 5.96 Å². The Balaban J connectivity index is 1.36. The largest absolute Gasteiger partial charge is 0.383 e. The Labute approximate surface area is 159 Å². The maximum atomic E-state index is 11.1. The van der Waals surface area contributed by atoms with Crippen molar-refractivity contribution >= 4 is 11.9 Å². The van der Waals surface area contributed by atoms with Crippen LogP contribution in [0.1, 0.15) is 17.5 Å². The average Bonchev–Trinajstić information content (AvgIpc) is 3.07. The molecule has 27 heavy (non-hydrogen) atoms. The first-order valence-electron chi connectivity index (χ1n) is 9.48. The van der Waals surface area contributed by atoms with Crippen molar-refractivity contribution in [1.82, 2.24) is 20.2 Å². The highest BCUT2D eigenvalue weighted by atomic mass is 16.3. The highest BCUT2D eigenvalue weighted by Gasteiger charge is 2.36. The van der Waals surface area contributed by atoms with Gasteiger partial charge in [-0.2, -0.15) is 0 Å². The number of hydrogen-bond acceptors (Lipinski definition) is 5. The van der Waals surface area contributed by atoms with Gasteiger partial charge in [0, 0.05) is 45.6 Å². The van der Waals surface area contributed by atoms with Crippen LogP contribution >= 0.6 is 0 Å². The van der Waals surface area contributed by atoms with E-state index < -0.39 is 5.60 Å². The summed E-state index contributed by atoms with van der Waals surface area (Å²) in [5, 5.41) is 14.5. The molecule has 2 heterocycles. The second-order valence-electron chi connectivity index (χ2n) is 7.11. The molecule has 4 rings (SSSR count). The molecule has 1 fully saturated rings. The van der Waals surface area contributed by atoms with Crippen LogP contribution in [0.5, 0.6) is 0 Å². The number of nitrogens with zero attached hydrogens (tertiary/aromatic N) is 5. The minimum atomic E-state index is -0.827. The molecular formula is C20H26N6O.